The van der Waals surface area contributed by atoms with Gasteiger partial charge in [-0.1, -0.05) is 34.7 Å². The fraction of sp³-hybridized carbons (Fsp3) is 0.312. The minimum absolute atomic E-state index is 0.237. The lowest BCUT2D eigenvalue weighted by molar-refractivity contribution is 0.0898. The number of carbonyl (C=O) groups excluding carboxylic acids is 1. The lowest BCUT2D eigenvalue weighted by Gasteiger charge is -2.09. The monoisotopic (exact) mass is 427 g/mol. The number of nitrogens with one attached hydrogen (secondary N) is 1. The second kappa shape index (κ2) is 8.78. The number of ketones is 1. The van der Waals surface area contributed by atoms with Crippen molar-refractivity contribution in [1.29, 1.82) is 0 Å². The quantitative estimate of drug-likeness (QED) is 0.382. The molecule has 0 bridgehead atoms. The van der Waals surface area contributed by atoms with E-state index >= 15 is 0 Å². The number of anilines is 1. The standard InChI is InChI=1S/C16H18IN3O3/c1-23-12-4-2-11(3-5-12)6-7-18-15-8-13(14(22)10-21)19-16(9-17)20-15/h2-5,8,21H,6-7,9-10H2,1H3,(H,18,19,20). The van der Waals surface area contributed by atoms with Crippen LogP contribution in [0.25, 0.3) is 0 Å². The number of aliphatic hydroxyl groups is 1. The van der Waals surface area contributed by atoms with Gasteiger partial charge in [-0.25, -0.2) is 9.97 Å². The number of aromatic nitrogens is 2. The van der Waals surface area contributed by atoms with E-state index in [0.29, 0.717) is 22.6 Å². The van der Waals surface area contributed by atoms with Crippen LogP contribution in [0, 0.1) is 0 Å². The first kappa shape index (κ1) is 17.6. The van der Waals surface area contributed by atoms with Crippen molar-refractivity contribution in [2.75, 3.05) is 25.6 Å². The molecule has 2 aromatic rings. The number of carbonyl (C=O) groups is 1. The molecule has 0 atom stereocenters. The smallest absolute Gasteiger partial charge is 0.206 e. The van der Waals surface area contributed by atoms with E-state index in [1.807, 2.05) is 24.3 Å². The summed E-state index contributed by atoms with van der Waals surface area (Å²) < 4.78 is 5.72. The van der Waals surface area contributed by atoms with Gasteiger partial charge in [-0.3, -0.25) is 4.79 Å². The number of nitrogens with zero attached hydrogens (tertiary/aromatic N) is 2. The van der Waals surface area contributed by atoms with Crippen molar-refractivity contribution in [1.82, 2.24) is 9.97 Å². The predicted octanol–water partition coefficient (Wildman–Crippen LogP) is 2.25. The average Bonchev–Trinajstić information content (AvgIpc) is 2.61. The molecule has 7 heteroatoms. The van der Waals surface area contributed by atoms with Crippen molar-refractivity contribution < 1.29 is 14.6 Å². The summed E-state index contributed by atoms with van der Waals surface area (Å²) in [4.78, 5) is 20.1. The molecule has 1 aromatic carbocycles. The highest BCUT2D eigenvalue weighted by Crippen LogP contribution is 2.13. The summed E-state index contributed by atoms with van der Waals surface area (Å²) in [6, 6.07) is 9.44. The van der Waals surface area contributed by atoms with Gasteiger partial charge in [0.1, 0.15) is 29.7 Å². The van der Waals surface area contributed by atoms with Crippen LogP contribution in [0.1, 0.15) is 21.9 Å². The van der Waals surface area contributed by atoms with E-state index < -0.39 is 12.4 Å². The first-order chi connectivity index (χ1) is 11.2. The molecule has 0 saturated heterocycles. The SMILES string of the molecule is COc1ccc(CCNc2cc(C(=O)CO)nc(CI)n2)cc1. The number of methoxy groups -OCH3 is 1. The Morgan fingerprint density at radius 3 is 2.65 bits per heavy atom. The minimum Gasteiger partial charge on any atom is -0.497 e. The summed E-state index contributed by atoms with van der Waals surface area (Å²) in [6.45, 7) is 0.125. The predicted molar refractivity (Wildman–Crippen MR) is 96.4 cm³/mol. The molecule has 1 aromatic heterocycles. The van der Waals surface area contributed by atoms with E-state index in [1.54, 1.807) is 13.2 Å². The fourth-order valence-electron chi connectivity index (χ4n) is 2.00. The highest BCUT2D eigenvalue weighted by atomic mass is 127. The number of hydrogen-bond donors (Lipinski definition) is 2. The molecular weight excluding hydrogens is 409 g/mol. The summed E-state index contributed by atoms with van der Waals surface area (Å²) in [5.41, 5.74) is 1.41. The second-order valence-corrected chi connectivity index (χ2v) is 5.56. The van der Waals surface area contributed by atoms with Crippen LogP contribution in [0.3, 0.4) is 0 Å². The lowest BCUT2D eigenvalue weighted by atomic mass is 10.1. The molecular formula is C16H18IN3O3. The number of Topliss-reactive ketones (excluding diaryl/α,β-unsaturated/α-hetero) is 1. The van der Waals surface area contributed by atoms with Crippen LogP contribution in [0.15, 0.2) is 30.3 Å². The van der Waals surface area contributed by atoms with E-state index in [9.17, 15) is 4.79 Å². The van der Waals surface area contributed by atoms with E-state index in [4.69, 9.17) is 9.84 Å². The number of aliphatic hydroxyl groups excluding tert-OH is 1. The topological polar surface area (TPSA) is 84.3 Å². The van der Waals surface area contributed by atoms with Crippen molar-refractivity contribution in [3.05, 3.63) is 47.4 Å². The van der Waals surface area contributed by atoms with Gasteiger partial charge in [0.2, 0.25) is 5.78 Å². The highest BCUT2D eigenvalue weighted by molar-refractivity contribution is 14.1. The summed E-state index contributed by atoms with van der Waals surface area (Å²) in [5, 5.41) is 12.2. The zero-order chi connectivity index (χ0) is 16.7. The molecule has 2 N–H and O–H groups in total. The molecule has 0 aliphatic rings. The van der Waals surface area contributed by atoms with E-state index in [2.05, 4.69) is 37.9 Å². The van der Waals surface area contributed by atoms with Crippen molar-refractivity contribution in [3.63, 3.8) is 0 Å². The zero-order valence-electron chi connectivity index (χ0n) is 12.8. The molecule has 6 nitrogen and oxygen atoms in total. The van der Waals surface area contributed by atoms with Crippen molar-refractivity contribution >= 4 is 34.2 Å². The summed E-state index contributed by atoms with van der Waals surface area (Å²) >= 11 is 2.14. The molecule has 2 rings (SSSR count). The van der Waals surface area contributed by atoms with Crippen LogP contribution in [0.2, 0.25) is 0 Å². The summed E-state index contributed by atoms with van der Waals surface area (Å²) in [6.07, 6.45) is 0.816. The molecule has 23 heavy (non-hydrogen) atoms. The van der Waals surface area contributed by atoms with Crippen LogP contribution in [-0.4, -0.2) is 41.1 Å². The van der Waals surface area contributed by atoms with Gasteiger partial charge in [0.25, 0.3) is 0 Å². The summed E-state index contributed by atoms with van der Waals surface area (Å²) in [7, 11) is 1.64. The Balaban J connectivity index is 2.00. The first-order valence-electron chi connectivity index (χ1n) is 7.11. The van der Waals surface area contributed by atoms with Crippen LogP contribution in [0.5, 0.6) is 5.75 Å². The minimum atomic E-state index is -0.553. The van der Waals surface area contributed by atoms with Gasteiger partial charge in [-0.05, 0) is 24.1 Å². The Kier molecular flexibility index (Phi) is 6.72. The number of alkyl halides is 1. The van der Waals surface area contributed by atoms with Gasteiger partial charge in [0, 0.05) is 12.6 Å². The molecule has 0 aliphatic heterocycles. The zero-order valence-corrected chi connectivity index (χ0v) is 14.9. The molecule has 0 radical (unpaired) electrons. The van der Waals surface area contributed by atoms with Crippen molar-refractivity contribution in [2.24, 2.45) is 0 Å². The Morgan fingerprint density at radius 1 is 1.30 bits per heavy atom. The number of benzene rings is 1. The first-order valence-corrected chi connectivity index (χ1v) is 8.63. The van der Waals surface area contributed by atoms with E-state index in [1.165, 1.54) is 5.56 Å². The molecule has 122 valence electrons. The lowest BCUT2D eigenvalue weighted by Crippen LogP contribution is -2.13. The maximum absolute atomic E-state index is 11.6. The number of rotatable bonds is 8. The molecule has 0 fully saturated rings. The Labute approximate surface area is 148 Å². The average molecular weight is 427 g/mol. The molecule has 0 saturated carbocycles. The molecule has 0 spiro atoms. The van der Waals surface area contributed by atoms with Gasteiger partial charge in [-0.15, -0.1) is 0 Å². The fourth-order valence-corrected chi connectivity index (χ4v) is 2.34. The van der Waals surface area contributed by atoms with Crippen LogP contribution >= 0.6 is 22.6 Å². The third-order valence-corrected chi connectivity index (χ3v) is 3.88. The van der Waals surface area contributed by atoms with Crippen LogP contribution < -0.4 is 10.1 Å². The number of halogens is 1. The van der Waals surface area contributed by atoms with E-state index in [0.717, 1.165) is 12.2 Å². The number of ether oxygens (including phenoxy) is 1. The van der Waals surface area contributed by atoms with Gasteiger partial charge in [-0.2, -0.15) is 0 Å². The van der Waals surface area contributed by atoms with Gasteiger partial charge in [0.05, 0.1) is 11.5 Å². The number of hydrogen-bond acceptors (Lipinski definition) is 6. The third kappa shape index (κ3) is 5.14. The van der Waals surface area contributed by atoms with Gasteiger partial charge < -0.3 is 15.2 Å². The summed E-state index contributed by atoms with van der Waals surface area (Å²) in [5.74, 6) is 1.59. The Bertz CT molecular complexity index is 662. The maximum atomic E-state index is 11.6. The van der Waals surface area contributed by atoms with Crippen LogP contribution in [-0.2, 0) is 10.8 Å². The molecule has 0 unspecified atom stereocenters. The highest BCUT2D eigenvalue weighted by Gasteiger charge is 2.10. The molecule has 1 heterocycles. The molecule has 0 aliphatic carbocycles. The van der Waals surface area contributed by atoms with Crippen molar-refractivity contribution in [3.8, 4) is 5.75 Å². The molecule has 0 amide bonds. The van der Waals surface area contributed by atoms with Crippen LogP contribution in [0.4, 0.5) is 5.82 Å². The van der Waals surface area contributed by atoms with E-state index in [-0.39, 0.29) is 5.69 Å². The van der Waals surface area contributed by atoms with Gasteiger partial charge >= 0.3 is 0 Å². The Hall–Kier alpha value is -1.74. The third-order valence-electron chi connectivity index (χ3n) is 3.20. The van der Waals surface area contributed by atoms with Crippen molar-refractivity contribution in [2.45, 2.75) is 10.8 Å². The Morgan fingerprint density at radius 2 is 2.04 bits per heavy atom. The maximum Gasteiger partial charge on any atom is 0.206 e. The normalized spacial score (nSPS) is 10.4. The second-order valence-electron chi connectivity index (χ2n) is 4.79. The van der Waals surface area contributed by atoms with Gasteiger partial charge in [0.15, 0.2) is 0 Å². The largest absolute Gasteiger partial charge is 0.497 e.